The highest BCUT2D eigenvalue weighted by Crippen LogP contribution is 2.59. The molecule has 0 aliphatic heterocycles. The topological polar surface area (TPSA) is 15.3 Å². The molecule has 0 saturated heterocycles. The first kappa shape index (κ1) is 49.2. The fourth-order valence-electron chi connectivity index (χ4n) is 15.7. The minimum atomic E-state index is -0.148. The number of fused-ring (bicyclic) bond motifs is 18. The second-order valence-electron chi connectivity index (χ2n) is 27.3. The van der Waals surface area contributed by atoms with E-state index in [1.165, 1.54) is 155 Å². The molecule has 2 aliphatic rings. The van der Waals surface area contributed by atoms with E-state index in [0.29, 0.717) is 0 Å². The molecule has 2 aliphatic carbocycles. The van der Waals surface area contributed by atoms with Gasteiger partial charge in [0.1, 0.15) is 0 Å². The number of hydrogen-bond donors (Lipinski definition) is 0. The van der Waals surface area contributed by atoms with Crippen molar-refractivity contribution >= 4 is 110 Å². The summed E-state index contributed by atoms with van der Waals surface area (Å²) in [6.07, 6.45) is 0. The monoisotopic (exact) mass is 1080 g/mol. The first-order valence-electron chi connectivity index (χ1n) is 30.1. The van der Waals surface area contributed by atoms with Gasteiger partial charge in [0.2, 0.25) is 0 Å². The van der Waals surface area contributed by atoms with Gasteiger partial charge in [-0.25, -0.2) is 0 Å². The van der Waals surface area contributed by atoms with Crippen LogP contribution in [0.1, 0.15) is 103 Å². The third kappa shape index (κ3) is 6.43. The van der Waals surface area contributed by atoms with Crippen molar-refractivity contribution in [2.45, 2.75) is 90.9 Å². The van der Waals surface area contributed by atoms with Gasteiger partial charge in [-0.2, -0.15) is 0 Å². The van der Waals surface area contributed by atoms with Crippen LogP contribution in [0, 0.1) is 0 Å². The van der Waals surface area contributed by atoms with Gasteiger partial charge in [0.05, 0.1) is 55.8 Å². The second-order valence-corrected chi connectivity index (χ2v) is 27.3. The van der Waals surface area contributed by atoms with Gasteiger partial charge in [0.25, 0.3) is 0 Å². The molecular formula is C80H66N4. The summed E-state index contributed by atoms with van der Waals surface area (Å²) >= 11 is 0. The highest BCUT2D eigenvalue weighted by atomic mass is 15.2. The molecule has 0 bridgehead atoms. The molecule has 15 aromatic rings. The Labute approximate surface area is 491 Å². The van der Waals surface area contributed by atoms with E-state index in [-0.39, 0.29) is 21.7 Å². The minimum Gasteiger partial charge on any atom is -0.309 e. The Morgan fingerprint density at radius 1 is 0.310 bits per heavy atom. The minimum absolute atomic E-state index is 0.0155. The lowest BCUT2D eigenvalue weighted by Gasteiger charge is -2.30. The zero-order valence-electron chi connectivity index (χ0n) is 49.6. The lowest BCUT2D eigenvalue weighted by atomic mass is 9.82. The summed E-state index contributed by atoms with van der Waals surface area (Å²) in [7, 11) is 0. The van der Waals surface area contributed by atoms with Crippen LogP contribution in [0.4, 0.5) is 34.1 Å². The van der Waals surface area contributed by atoms with Crippen LogP contribution in [0.15, 0.2) is 218 Å². The standard InChI is InChI=1S/C80H66N4/c1-77(2,3)47-33-37-49(38-34-47)81(65-31-19-27-61-71(65)53-21-11-15-25-59(53)79(61,7)8)67-43-41-51-57-45-70-58(46-69(57)83-63-29-17-13-23-55(63)73(67)75(51)83)52-42-44-68(74-56-24-14-18-30-64(56)84(70)76(52)74)82(50-39-35-48(36-40-50)78(4,5)6)66-32-20-28-62-72(66)54-22-12-16-26-60(54)80(62,9)10/h11-46H,1-10H3. The predicted molar refractivity (Wildman–Crippen MR) is 358 cm³/mol. The molecule has 0 radical (unpaired) electrons. The van der Waals surface area contributed by atoms with E-state index in [4.69, 9.17) is 0 Å². The van der Waals surface area contributed by atoms with Crippen LogP contribution in [0.25, 0.3) is 98.4 Å². The van der Waals surface area contributed by atoms with Crippen molar-refractivity contribution in [3.63, 3.8) is 0 Å². The highest BCUT2D eigenvalue weighted by molar-refractivity contribution is 6.32. The third-order valence-electron chi connectivity index (χ3n) is 19.9. The SMILES string of the molecule is CC(C)(C)c1ccc(N(c2cccc3c2-c2ccccc2C3(C)C)c2ccc3c4cc5c(cc4n4c6ccccc6c2c34)c2ccc(N(c3ccc(C(C)(C)C)cc3)c3cccc4c3-c3ccccc3C4(C)C)c3c4ccccc4n5c23)cc1. The van der Waals surface area contributed by atoms with Crippen molar-refractivity contribution in [3.05, 3.63) is 252 Å². The lowest BCUT2D eigenvalue weighted by molar-refractivity contribution is 0.590. The maximum Gasteiger partial charge on any atom is 0.0641 e. The Morgan fingerprint density at radius 3 is 1.08 bits per heavy atom. The molecule has 0 spiro atoms. The van der Waals surface area contributed by atoms with Crippen LogP contribution in [0.5, 0.6) is 0 Å². The third-order valence-corrected chi connectivity index (χ3v) is 19.9. The fourth-order valence-corrected chi connectivity index (χ4v) is 15.7. The van der Waals surface area contributed by atoms with E-state index in [9.17, 15) is 0 Å². The summed E-state index contributed by atoms with van der Waals surface area (Å²) in [4.78, 5) is 5.15. The lowest BCUT2D eigenvalue weighted by Crippen LogP contribution is -2.16. The number of nitrogens with zero attached hydrogens (tertiary/aromatic N) is 4. The van der Waals surface area contributed by atoms with Gasteiger partial charge >= 0.3 is 0 Å². The van der Waals surface area contributed by atoms with Gasteiger partial charge in [-0.15, -0.1) is 0 Å². The van der Waals surface area contributed by atoms with E-state index in [1.807, 2.05) is 0 Å². The van der Waals surface area contributed by atoms with Crippen molar-refractivity contribution in [2.75, 3.05) is 9.80 Å². The molecular weight excluding hydrogens is 1020 g/mol. The van der Waals surface area contributed by atoms with Gasteiger partial charge in [-0.1, -0.05) is 215 Å². The zero-order valence-corrected chi connectivity index (χ0v) is 49.6. The van der Waals surface area contributed by atoms with Crippen molar-refractivity contribution in [1.29, 1.82) is 0 Å². The first-order chi connectivity index (χ1) is 40.5. The molecule has 4 heterocycles. The van der Waals surface area contributed by atoms with Crippen LogP contribution >= 0.6 is 0 Å². The van der Waals surface area contributed by atoms with Gasteiger partial charge in [0.15, 0.2) is 0 Å². The number of aromatic nitrogens is 2. The van der Waals surface area contributed by atoms with Crippen LogP contribution in [-0.4, -0.2) is 8.80 Å². The number of anilines is 6. The van der Waals surface area contributed by atoms with E-state index in [1.54, 1.807) is 0 Å². The van der Waals surface area contributed by atoms with E-state index < -0.39 is 0 Å². The summed E-state index contributed by atoms with van der Waals surface area (Å²) in [6.45, 7) is 23.4. The van der Waals surface area contributed by atoms with E-state index in [2.05, 4.69) is 306 Å². The van der Waals surface area contributed by atoms with Gasteiger partial charge in [-0.05, 0) is 128 Å². The zero-order chi connectivity index (χ0) is 57.1. The van der Waals surface area contributed by atoms with Gasteiger partial charge < -0.3 is 18.6 Å². The van der Waals surface area contributed by atoms with E-state index in [0.717, 1.165) is 11.4 Å². The first-order valence-corrected chi connectivity index (χ1v) is 30.1. The average molecular weight is 1080 g/mol. The molecule has 4 aromatic heterocycles. The van der Waals surface area contributed by atoms with Gasteiger partial charge in [-0.3, -0.25) is 0 Å². The van der Waals surface area contributed by atoms with Gasteiger partial charge in [0, 0.05) is 76.4 Å². The highest BCUT2D eigenvalue weighted by Gasteiger charge is 2.40. The molecule has 406 valence electrons. The summed E-state index contributed by atoms with van der Waals surface area (Å²) in [5.41, 5.74) is 27.5. The largest absolute Gasteiger partial charge is 0.309 e. The number of para-hydroxylation sites is 2. The fraction of sp³-hybridized carbons (Fsp3) is 0.175. The van der Waals surface area contributed by atoms with Crippen LogP contribution in [0.3, 0.4) is 0 Å². The summed E-state index contributed by atoms with van der Waals surface area (Å²) < 4.78 is 5.17. The normalized spacial score (nSPS) is 14.5. The maximum atomic E-state index is 2.59. The number of benzene rings is 11. The molecule has 0 amide bonds. The molecule has 0 atom stereocenters. The molecule has 84 heavy (non-hydrogen) atoms. The molecule has 0 unspecified atom stereocenters. The molecule has 4 nitrogen and oxygen atoms in total. The molecule has 0 fully saturated rings. The molecule has 0 saturated carbocycles. The van der Waals surface area contributed by atoms with E-state index >= 15 is 0 Å². The summed E-state index contributed by atoms with van der Waals surface area (Å²) in [6, 6.07) is 83.8. The summed E-state index contributed by atoms with van der Waals surface area (Å²) in [5, 5.41) is 10.0. The van der Waals surface area contributed by atoms with Crippen LogP contribution < -0.4 is 9.80 Å². The number of rotatable bonds is 6. The maximum absolute atomic E-state index is 2.59. The van der Waals surface area contributed by atoms with Crippen molar-refractivity contribution in [3.8, 4) is 22.3 Å². The van der Waals surface area contributed by atoms with Crippen molar-refractivity contribution in [2.24, 2.45) is 0 Å². The molecule has 17 rings (SSSR count). The Bertz CT molecular complexity index is 4930. The quantitative estimate of drug-likeness (QED) is 0.165. The van der Waals surface area contributed by atoms with Crippen molar-refractivity contribution in [1.82, 2.24) is 8.80 Å². The Kier molecular flexibility index (Phi) is 9.77. The Balaban J connectivity index is 0.932. The van der Waals surface area contributed by atoms with Crippen LogP contribution in [0.2, 0.25) is 0 Å². The molecule has 4 heteroatoms. The van der Waals surface area contributed by atoms with Crippen molar-refractivity contribution < 1.29 is 0 Å². The second kappa shape index (κ2) is 16.7. The average Bonchev–Trinajstić information content (AvgIpc) is 1.54. The predicted octanol–water partition coefficient (Wildman–Crippen LogP) is 22.1. The Hall–Kier alpha value is -9.38. The number of hydrogen-bond acceptors (Lipinski definition) is 2. The van der Waals surface area contributed by atoms with Crippen LogP contribution in [-0.2, 0) is 21.7 Å². The smallest absolute Gasteiger partial charge is 0.0641 e. The Morgan fingerprint density at radius 2 is 0.679 bits per heavy atom. The summed E-state index contributed by atoms with van der Waals surface area (Å²) in [5.74, 6) is 0. The molecule has 0 N–H and O–H groups in total. The molecule has 11 aromatic carbocycles.